The number of nitrogens with zero attached hydrogens (tertiary/aromatic N) is 1. The number of hydrogen-bond donors (Lipinski definition) is 1. The summed E-state index contributed by atoms with van der Waals surface area (Å²) in [7, 11) is 1.17. The van der Waals surface area contributed by atoms with E-state index >= 15 is 0 Å². The van der Waals surface area contributed by atoms with Gasteiger partial charge in [0.25, 0.3) is 7.82 Å². The number of esters is 1. The number of allylic oxidation sites excluding steroid dienone is 11. The van der Waals surface area contributed by atoms with Crippen molar-refractivity contribution in [3.63, 3.8) is 0 Å². The molecule has 0 aromatic heterocycles. The summed E-state index contributed by atoms with van der Waals surface area (Å²) in [5, 5.41) is 3.03. The van der Waals surface area contributed by atoms with E-state index in [0.29, 0.717) is 17.4 Å². The normalized spacial score (nSPS) is 13.9. The molecule has 9 nitrogen and oxygen atoms in total. The van der Waals surface area contributed by atoms with E-state index in [2.05, 4.69) is 86.8 Å². The highest BCUT2D eigenvalue weighted by molar-refractivity contribution is 7.45. The lowest BCUT2D eigenvalue weighted by atomic mass is 10.0. The molecule has 0 aliphatic heterocycles. The van der Waals surface area contributed by atoms with Crippen molar-refractivity contribution in [3.8, 4) is 0 Å². The zero-order valence-electron chi connectivity index (χ0n) is 56.8. The molecular weight excluding hydrogens is 1070 g/mol. The third kappa shape index (κ3) is 65.7. The van der Waals surface area contributed by atoms with Gasteiger partial charge in [0.2, 0.25) is 5.91 Å². The first-order valence-corrected chi connectivity index (χ1v) is 37.7. The molecule has 0 saturated carbocycles. The summed E-state index contributed by atoms with van der Waals surface area (Å²) >= 11 is 0. The van der Waals surface area contributed by atoms with E-state index in [0.717, 1.165) is 77.0 Å². The molecule has 3 atom stereocenters. The van der Waals surface area contributed by atoms with Gasteiger partial charge in [-0.3, -0.25) is 14.2 Å². The van der Waals surface area contributed by atoms with Gasteiger partial charge in [-0.05, 0) is 102 Å². The summed E-state index contributed by atoms with van der Waals surface area (Å²) in [6.45, 7) is 6.82. The molecule has 0 rings (SSSR count). The minimum Gasteiger partial charge on any atom is -0.756 e. The fourth-order valence-electron chi connectivity index (χ4n) is 10.5. The van der Waals surface area contributed by atoms with Crippen LogP contribution in [0.3, 0.4) is 0 Å². The van der Waals surface area contributed by atoms with Gasteiger partial charge >= 0.3 is 5.97 Å². The molecule has 0 aliphatic carbocycles. The lowest BCUT2D eigenvalue weighted by Crippen LogP contribution is -2.47. The number of ether oxygens (including phenoxy) is 1. The Labute approximate surface area is 527 Å². The molecule has 3 unspecified atom stereocenters. The third-order valence-electron chi connectivity index (χ3n) is 16.1. The number of rotatable bonds is 66. The Balaban J connectivity index is 5.08. The van der Waals surface area contributed by atoms with Gasteiger partial charge in [0.05, 0.1) is 33.8 Å². The van der Waals surface area contributed by atoms with Gasteiger partial charge < -0.3 is 28.5 Å². The molecule has 0 fully saturated rings. The Morgan fingerprint density at radius 3 is 1.12 bits per heavy atom. The van der Waals surface area contributed by atoms with Crippen LogP contribution in [0.4, 0.5) is 0 Å². The Morgan fingerprint density at radius 2 is 0.718 bits per heavy atom. The van der Waals surface area contributed by atoms with Crippen molar-refractivity contribution >= 4 is 19.7 Å². The van der Waals surface area contributed by atoms with Gasteiger partial charge in [0.1, 0.15) is 19.3 Å². The number of likely N-dealkylation sites (N-methyl/N-ethyl adjacent to an activating group) is 1. The second-order valence-electron chi connectivity index (χ2n) is 25.7. The Kier molecular flexibility index (Phi) is 62.5. The van der Waals surface area contributed by atoms with Gasteiger partial charge in [0.15, 0.2) is 0 Å². The molecule has 0 spiro atoms. The first kappa shape index (κ1) is 82.5. The van der Waals surface area contributed by atoms with Crippen molar-refractivity contribution in [2.45, 2.75) is 354 Å². The molecule has 1 N–H and O–H groups in total. The number of carbonyl (C=O) groups is 2. The predicted molar refractivity (Wildman–Crippen MR) is 367 cm³/mol. The largest absolute Gasteiger partial charge is 0.756 e. The first-order chi connectivity index (χ1) is 41.4. The van der Waals surface area contributed by atoms with Crippen LogP contribution in [-0.2, 0) is 27.9 Å². The van der Waals surface area contributed by atoms with Crippen molar-refractivity contribution in [2.75, 3.05) is 40.9 Å². The maximum atomic E-state index is 13.6. The van der Waals surface area contributed by atoms with Gasteiger partial charge in [0, 0.05) is 12.8 Å². The fourth-order valence-corrected chi connectivity index (χ4v) is 11.2. The van der Waals surface area contributed by atoms with E-state index in [4.69, 9.17) is 13.8 Å². The van der Waals surface area contributed by atoms with Crippen LogP contribution >= 0.6 is 7.82 Å². The van der Waals surface area contributed by atoms with Crippen molar-refractivity contribution in [2.24, 2.45) is 0 Å². The van der Waals surface area contributed by atoms with Crippen LogP contribution in [0.5, 0.6) is 0 Å². The van der Waals surface area contributed by atoms with Crippen molar-refractivity contribution in [1.29, 1.82) is 0 Å². The molecule has 1 amide bonds. The van der Waals surface area contributed by atoms with E-state index in [9.17, 15) is 19.0 Å². The van der Waals surface area contributed by atoms with Crippen LogP contribution in [0, 0.1) is 0 Å². The molecule has 0 bridgehead atoms. The average Bonchev–Trinajstić information content (AvgIpc) is 3.50. The van der Waals surface area contributed by atoms with Crippen LogP contribution in [-0.4, -0.2) is 69.4 Å². The van der Waals surface area contributed by atoms with Gasteiger partial charge in [-0.25, -0.2) is 0 Å². The molecule has 0 aromatic rings. The summed E-state index contributed by atoms with van der Waals surface area (Å²) in [5.74, 6) is -0.566. The molecular formula is C75H139N2O7P. The van der Waals surface area contributed by atoms with Crippen molar-refractivity contribution in [1.82, 2.24) is 5.32 Å². The minimum absolute atomic E-state index is 0.0296. The van der Waals surface area contributed by atoms with Crippen molar-refractivity contribution < 1.29 is 37.3 Å². The standard InChI is InChI=1S/C75H139N2O7P/c1-7-10-13-16-19-22-25-28-30-32-34-35-36-37-38-39-40-41-43-45-47-50-53-56-59-62-65-68-75(79)84-73(66-63-60-57-54-51-48-27-24-21-18-15-12-9-3)72(71-83-85(80,81)82-70-69-77(4,5)6)76-74(78)67-64-61-58-55-52-49-46-44-42-33-31-29-26-23-20-17-14-11-8-2/h20,23,28-31,42,44,49,52,63,66,72-73H,7-19,21-22,24-27,32-41,43,45-48,50-51,53-62,64-65,67-71H2,1-6H3,(H-,76,78,80,81)/b23-20-,30-28+,31-29-,44-42-,52-49-,66-63-. The number of amides is 1. The lowest BCUT2D eigenvalue weighted by Gasteiger charge is -2.30. The number of quaternary nitrogens is 1. The van der Waals surface area contributed by atoms with E-state index in [1.807, 2.05) is 33.3 Å². The molecule has 10 heteroatoms. The van der Waals surface area contributed by atoms with Crippen LogP contribution in [0.25, 0.3) is 0 Å². The Morgan fingerprint density at radius 1 is 0.412 bits per heavy atom. The quantitative estimate of drug-likeness (QED) is 0.0212. The summed E-state index contributed by atoms with van der Waals surface area (Å²) in [6.07, 6.45) is 84.6. The van der Waals surface area contributed by atoms with Gasteiger partial charge in [-0.2, -0.15) is 0 Å². The fraction of sp³-hybridized carbons (Fsp3) is 0.813. The summed E-state index contributed by atoms with van der Waals surface area (Å²) in [5.41, 5.74) is 0. The third-order valence-corrected chi connectivity index (χ3v) is 17.1. The Bertz CT molecular complexity index is 1680. The number of phosphoric ester groups is 1. The van der Waals surface area contributed by atoms with E-state index in [-0.39, 0.29) is 31.3 Å². The van der Waals surface area contributed by atoms with E-state index < -0.39 is 26.6 Å². The topological polar surface area (TPSA) is 114 Å². The van der Waals surface area contributed by atoms with E-state index in [1.165, 1.54) is 225 Å². The number of hydrogen-bond acceptors (Lipinski definition) is 7. The molecule has 0 radical (unpaired) electrons. The van der Waals surface area contributed by atoms with Crippen LogP contribution in [0.15, 0.2) is 72.9 Å². The van der Waals surface area contributed by atoms with Crippen LogP contribution in [0.2, 0.25) is 0 Å². The zero-order chi connectivity index (χ0) is 62.1. The molecule has 0 aliphatic rings. The first-order valence-electron chi connectivity index (χ1n) is 36.2. The maximum Gasteiger partial charge on any atom is 0.306 e. The molecule has 0 aromatic carbocycles. The summed E-state index contributed by atoms with van der Waals surface area (Å²) in [4.78, 5) is 40.2. The number of unbranched alkanes of at least 4 members (excludes halogenated alkanes) is 40. The Hall–Kier alpha value is -2.55. The average molecular weight is 1210 g/mol. The zero-order valence-corrected chi connectivity index (χ0v) is 57.7. The monoisotopic (exact) mass is 1210 g/mol. The summed E-state index contributed by atoms with van der Waals surface area (Å²) < 4.78 is 30.4. The molecule has 0 heterocycles. The highest BCUT2D eigenvalue weighted by atomic mass is 31.2. The lowest BCUT2D eigenvalue weighted by molar-refractivity contribution is -0.870. The highest BCUT2D eigenvalue weighted by Crippen LogP contribution is 2.38. The maximum absolute atomic E-state index is 13.6. The van der Waals surface area contributed by atoms with Crippen LogP contribution in [0.1, 0.15) is 342 Å². The number of nitrogens with one attached hydrogen (secondary N) is 1. The number of phosphoric acid groups is 1. The smallest absolute Gasteiger partial charge is 0.306 e. The summed E-state index contributed by atoms with van der Waals surface area (Å²) in [6, 6.07) is -0.907. The van der Waals surface area contributed by atoms with Gasteiger partial charge in [-0.15, -0.1) is 0 Å². The SMILES string of the molecule is CCCCC/C=C\C/C=C\C/C=C\C/C=C\CCCCCC(=O)NC(COP(=O)([O-])OCC[N+](C)(C)C)C(/C=C\CCCCCCCCCCCCC)OC(=O)CCCCCCCCCCCCCCCCCCC/C=C/CCCCCCCC. The van der Waals surface area contributed by atoms with Gasteiger partial charge in [-0.1, -0.05) is 299 Å². The molecule has 85 heavy (non-hydrogen) atoms. The van der Waals surface area contributed by atoms with E-state index in [1.54, 1.807) is 0 Å². The minimum atomic E-state index is -4.72. The number of carbonyl (C=O) groups excluding carboxylic acids is 2. The molecule has 496 valence electrons. The second kappa shape index (κ2) is 64.4. The highest BCUT2D eigenvalue weighted by Gasteiger charge is 2.27. The molecule has 0 saturated heterocycles. The van der Waals surface area contributed by atoms with Crippen LogP contribution < -0.4 is 10.2 Å². The second-order valence-corrected chi connectivity index (χ2v) is 27.1. The predicted octanol–water partition coefficient (Wildman–Crippen LogP) is 22.5. The van der Waals surface area contributed by atoms with Crippen molar-refractivity contribution in [3.05, 3.63) is 72.9 Å².